The molecule has 5 nitrogen and oxygen atoms in total. The SMILES string of the molecule is NC(=S)c1ccnc(SCc2ccc([N+](=O)[O-])cc2F)c1. The number of halogens is 1. The fraction of sp³-hybridized carbons (Fsp3) is 0.0769. The lowest BCUT2D eigenvalue weighted by Crippen LogP contribution is -2.09. The first kappa shape index (κ1) is 15.3. The predicted molar refractivity (Wildman–Crippen MR) is 82.7 cm³/mol. The average Bonchev–Trinajstić information content (AvgIpc) is 2.46. The van der Waals surface area contributed by atoms with E-state index in [9.17, 15) is 14.5 Å². The van der Waals surface area contributed by atoms with Crippen molar-refractivity contribution in [3.8, 4) is 0 Å². The van der Waals surface area contributed by atoms with Crippen LogP contribution >= 0.6 is 24.0 Å². The standard InChI is InChI=1S/C13H10FN3O2S2/c14-11-6-10(17(18)19)2-1-9(11)7-21-12-5-8(13(15)20)3-4-16-12/h1-6H,7H2,(H2,15,20). The predicted octanol–water partition coefficient (Wildman–Crippen LogP) is 3.06. The van der Waals surface area contributed by atoms with Crippen molar-refractivity contribution in [2.45, 2.75) is 10.8 Å². The molecule has 0 unspecified atom stereocenters. The van der Waals surface area contributed by atoms with Gasteiger partial charge in [-0.2, -0.15) is 0 Å². The number of aromatic nitrogens is 1. The molecule has 1 aromatic carbocycles. The monoisotopic (exact) mass is 323 g/mol. The Balaban J connectivity index is 2.11. The van der Waals surface area contributed by atoms with Crippen molar-refractivity contribution in [2.75, 3.05) is 0 Å². The van der Waals surface area contributed by atoms with E-state index in [0.717, 1.165) is 6.07 Å². The van der Waals surface area contributed by atoms with Gasteiger partial charge in [0.25, 0.3) is 5.69 Å². The van der Waals surface area contributed by atoms with E-state index in [1.54, 1.807) is 18.3 Å². The Morgan fingerprint density at radius 3 is 2.81 bits per heavy atom. The first-order valence-electron chi connectivity index (χ1n) is 5.79. The third-order valence-electron chi connectivity index (χ3n) is 2.64. The van der Waals surface area contributed by atoms with Gasteiger partial charge in [0.15, 0.2) is 0 Å². The molecule has 0 aliphatic heterocycles. The molecule has 0 bridgehead atoms. The van der Waals surface area contributed by atoms with Gasteiger partial charge >= 0.3 is 0 Å². The Bertz CT molecular complexity index is 710. The third-order valence-corrected chi connectivity index (χ3v) is 3.85. The van der Waals surface area contributed by atoms with Crippen molar-refractivity contribution in [3.63, 3.8) is 0 Å². The third kappa shape index (κ3) is 3.96. The van der Waals surface area contributed by atoms with Crippen molar-refractivity contribution in [2.24, 2.45) is 5.73 Å². The molecule has 0 spiro atoms. The number of nitro groups is 1. The number of rotatable bonds is 5. The van der Waals surface area contributed by atoms with Crippen molar-refractivity contribution in [1.29, 1.82) is 0 Å². The van der Waals surface area contributed by atoms with Gasteiger partial charge in [-0.1, -0.05) is 12.2 Å². The summed E-state index contributed by atoms with van der Waals surface area (Å²) in [6.45, 7) is 0. The molecule has 1 aromatic heterocycles. The fourth-order valence-corrected chi connectivity index (χ4v) is 2.57. The summed E-state index contributed by atoms with van der Waals surface area (Å²) in [6, 6.07) is 7.00. The number of nitrogens with two attached hydrogens (primary N) is 1. The van der Waals surface area contributed by atoms with Crippen LogP contribution in [0, 0.1) is 15.9 Å². The minimum absolute atomic E-state index is 0.265. The highest BCUT2D eigenvalue weighted by Gasteiger charge is 2.11. The minimum Gasteiger partial charge on any atom is -0.389 e. The molecule has 108 valence electrons. The topological polar surface area (TPSA) is 82.0 Å². The molecule has 0 aliphatic rings. The van der Waals surface area contributed by atoms with E-state index in [1.807, 2.05) is 0 Å². The zero-order valence-corrected chi connectivity index (χ0v) is 12.3. The number of thioether (sulfide) groups is 1. The molecule has 8 heteroatoms. The minimum atomic E-state index is -0.632. The summed E-state index contributed by atoms with van der Waals surface area (Å²) in [5.41, 5.74) is 6.32. The molecular formula is C13H10FN3O2S2. The first-order chi connectivity index (χ1) is 9.97. The van der Waals surface area contributed by atoms with Gasteiger partial charge in [-0.3, -0.25) is 10.1 Å². The van der Waals surface area contributed by atoms with Crippen LogP contribution in [-0.2, 0) is 5.75 Å². The Morgan fingerprint density at radius 1 is 1.43 bits per heavy atom. The van der Waals surface area contributed by atoms with E-state index in [0.29, 0.717) is 21.9 Å². The largest absolute Gasteiger partial charge is 0.389 e. The zero-order chi connectivity index (χ0) is 15.4. The van der Waals surface area contributed by atoms with Gasteiger partial charge in [-0.15, -0.1) is 11.8 Å². The fourth-order valence-electron chi connectivity index (χ4n) is 1.56. The zero-order valence-electron chi connectivity index (χ0n) is 10.7. The van der Waals surface area contributed by atoms with Crippen LogP contribution in [0.3, 0.4) is 0 Å². The van der Waals surface area contributed by atoms with Gasteiger partial charge in [-0.05, 0) is 23.8 Å². The normalized spacial score (nSPS) is 10.3. The van der Waals surface area contributed by atoms with Crippen LogP contribution in [0.1, 0.15) is 11.1 Å². The molecule has 2 rings (SSSR count). The lowest BCUT2D eigenvalue weighted by atomic mass is 10.2. The highest BCUT2D eigenvalue weighted by Crippen LogP contribution is 2.25. The van der Waals surface area contributed by atoms with Crippen LogP contribution in [0.15, 0.2) is 41.6 Å². The van der Waals surface area contributed by atoms with Gasteiger partial charge in [0.1, 0.15) is 10.8 Å². The molecule has 2 N–H and O–H groups in total. The number of nitrogens with zero attached hydrogens (tertiary/aromatic N) is 2. The van der Waals surface area contributed by atoms with Crippen LogP contribution < -0.4 is 5.73 Å². The molecule has 0 saturated heterocycles. The maximum Gasteiger partial charge on any atom is 0.272 e. The van der Waals surface area contributed by atoms with Gasteiger partial charge in [0.2, 0.25) is 0 Å². The smallest absolute Gasteiger partial charge is 0.272 e. The molecule has 1 heterocycles. The Kier molecular flexibility index (Phi) is 4.81. The van der Waals surface area contributed by atoms with E-state index in [1.165, 1.54) is 23.9 Å². The second-order valence-corrected chi connectivity index (χ2v) is 5.50. The number of pyridine rings is 1. The van der Waals surface area contributed by atoms with E-state index >= 15 is 0 Å². The summed E-state index contributed by atoms with van der Waals surface area (Å²) in [7, 11) is 0. The second kappa shape index (κ2) is 6.59. The van der Waals surface area contributed by atoms with Crippen molar-refractivity contribution in [3.05, 3.63) is 63.6 Å². The number of nitro benzene ring substituents is 1. The van der Waals surface area contributed by atoms with Crippen molar-refractivity contribution < 1.29 is 9.31 Å². The molecule has 0 fully saturated rings. The highest BCUT2D eigenvalue weighted by atomic mass is 32.2. The molecule has 0 amide bonds. The number of non-ortho nitro benzene ring substituents is 1. The molecule has 0 radical (unpaired) electrons. The maximum absolute atomic E-state index is 13.7. The van der Waals surface area contributed by atoms with E-state index in [2.05, 4.69) is 4.98 Å². The molecule has 21 heavy (non-hydrogen) atoms. The van der Waals surface area contributed by atoms with Crippen LogP contribution in [0.25, 0.3) is 0 Å². The number of hydrogen-bond acceptors (Lipinski definition) is 5. The van der Waals surface area contributed by atoms with Gasteiger partial charge < -0.3 is 5.73 Å². The Hall–Kier alpha value is -2.06. The van der Waals surface area contributed by atoms with E-state index in [4.69, 9.17) is 18.0 Å². The number of hydrogen-bond donors (Lipinski definition) is 1. The molecular weight excluding hydrogens is 313 g/mol. The average molecular weight is 323 g/mol. The number of benzene rings is 1. The molecule has 0 atom stereocenters. The lowest BCUT2D eigenvalue weighted by Gasteiger charge is -2.04. The summed E-state index contributed by atoms with van der Waals surface area (Å²) in [4.78, 5) is 14.3. The summed E-state index contributed by atoms with van der Waals surface area (Å²) >= 11 is 6.17. The molecule has 0 saturated carbocycles. The summed E-state index contributed by atoms with van der Waals surface area (Å²) in [5, 5.41) is 11.2. The summed E-state index contributed by atoms with van der Waals surface area (Å²) in [5.74, 6) is -0.306. The Morgan fingerprint density at radius 2 is 2.19 bits per heavy atom. The van der Waals surface area contributed by atoms with Gasteiger partial charge in [-0.25, -0.2) is 9.37 Å². The molecule has 2 aromatic rings. The summed E-state index contributed by atoms with van der Waals surface area (Å²) in [6.07, 6.45) is 1.57. The molecule has 0 aliphatic carbocycles. The Labute approximate surface area is 129 Å². The first-order valence-corrected chi connectivity index (χ1v) is 7.18. The quantitative estimate of drug-likeness (QED) is 0.394. The lowest BCUT2D eigenvalue weighted by molar-refractivity contribution is -0.385. The van der Waals surface area contributed by atoms with Crippen LogP contribution in [0.2, 0.25) is 0 Å². The van der Waals surface area contributed by atoms with Gasteiger partial charge in [0.05, 0.1) is 16.0 Å². The van der Waals surface area contributed by atoms with Crippen molar-refractivity contribution >= 4 is 34.7 Å². The second-order valence-electron chi connectivity index (χ2n) is 4.07. The number of thiocarbonyl (C=S) groups is 1. The van der Waals surface area contributed by atoms with E-state index < -0.39 is 10.7 Å². The van der Waals surface area contributed by atoms with Gasteiger partial charge in [0, 0.05) is 23.6 Å². The van der Waals surface area contributed by atoms with Crippen LogP contribution in [-0.4, -0.2) is 14.9 Å². The van der Waals surface area contributed by atoms with Crippen molar-refractivity contribution in [1.82, 2.24) is 4.98 Å². The maximum atomic E-state index is 13.7. The van der Waals surface area contributed by atoms with E-state index in [-0.39, 0.29) is 10.7 Å². The van der Waals surface area contributed by atoms with Crippen LogP contribution in [0.4, 0.5) is 10.1 Å². The summed E-state index contributed by atoms with van der Waals surface area (Å²) < 4.78 is 13.7. The van der Waals surface area contributed by atoms with Crippen LogP contribution in [0.5, 0.6) is 0 Å². The highest BCUT2D eigenvalue weighted by molar-refractivity contribution is 7.98.